The van der Waals surface area contributed by atoms with Crippen molar-refractivity contribution in [1.82, 2.24) is 15.2 Å². The number of halogens is 2. The fourth-order valence-electron chi connectivity index (χ4n) is 1.12. The summed E-state index contributed by atoms with van der Waals surface area (Å²) in [4.78, 5) is 3.98. The molecule has 0 bridgehead atoms. The number of rotatable bonds is 3. The highest BCUT2D eigenvalue weighted by Crippen LogP contribution is 2.29. The van der Waals surface area contributed by atoms with Gasteiger partial charge in [-0.1, -0.05) is 47.1 Å². The molecule has 1 aromatic heterocycles. The lowest BCUT2D eigenvalue weighted by molar-refractivity contribution is 0.973. The molecule has 0 aliphatic heterocycles. The van der Waals surface area contributed by atoms with Crippen LogP contribution in [0.1, 0.15) is 5.56 Å². The Morgan fingerprint density at radius 1 is 1.38 bits per heavy atom. The Morgan fingerprint density at radius 2 is 2.19 bits per heavy atom. The molecule has 0 aliphatic rings. The van der Waals surface area contributed by atoms with E-state index in [1.165, 1.54) is 11.8 Å². The van der Waals surface area contributed by atoms with E-state index in [0.717, 1.165) is 5.56 Å². The van der Waals surface area contributed by atoms with Crippen LogP contribution in [0.25, 0.3) is 0 Å². The summed E-state index contributed by atoms with van der Waals surface area (Å²) in [5, 5.41) is 8.19. The Morgan fingerprint density at radius 3 is 2.88 bits per heavy atom. The smallest absolute Gasteiger partial charge is 0.216 e. The minimum atomic E-state index is 0.305. The van der Waals surface area contributed by atoms with Crippen LogP contribution in [0.2, 0.25) is 10.0 Å². The van der Waals surface area contributed by atoms with E-state index in [-0.39, 0.29) is 0 Å². The summed E-state index contributed by atoms with van der Waals surface area (Å²) < 4.78 is 0. The number of H-pyrrole nitrogens is 1. The SMILES string of the molecule is Nc1nc(SCc2cccc(Cl)c2Cl)n[nH]1. The molecule has 7 heteroatoms. The third-order valence-corrected chi connectivity index (χ3v) is 3.62. The van der Waals surface area contributed by atoms with Gasteiger partial charge in [-0.2, -0.15) is 4.98 Å². The molecule has 3 N–H and O–H groups in total. The van der Waals surface area contributed by atoms with E-state index in [1.807, 2.05) is 12.1 Å². The van der Waals surface area contributed by atoms with Gasteiger partial charge in [0, 0.05) is 5.75 Å². The lowest BCUT2D eigenvalue weighted by atomic mass is 10.2. The van der Waals surface area contributed by atoms with Crippen molar-refractivity contribution >= 4 is 40.9 Å². The quantitative estimate of drug-likeness (QED) is 0.845. The van der Waals surface area contributed by atoms with Crippen LogP contribution in [0.4, 0.5) is 5.95 Å². The fourth-order valence-corrected chi connectivity index (χ4v) is 2.39. The highest BCUT2D eigenvalue weighted by atomic mass is 35.5. The number of aromatic amines is 1. The van der Waals surface area contributed by atoms with Crippen LogP contribution in [0.3, 0.4) is 0 Å². The molecule has 0 atom stereocenters. The van der Waals surface area contributed by atoms with Crippen molar-refractivity contribution < 1.29 is 0 Å². The first-order chi connectivity index (χ1) is 7.66. The summed E-state index contributed by atoms with van der Waals surface area (Å²) in [6.45, 7) is 0. The van der Waals surface area contributed by atoms with Crippen LogP contribution in [-0.2, 0) is 5.75 Å². The number of thioether (sulfide) groups is 1. The number of nitrogens with zero attached hydrogens (tertiary/aromatic N) is 2. The topological polar surface area (TPSA) is 67.6 Å². The van der Waals surface area contributed by atoms with Crippen molar-refractivity contribution in [3.05, 3.63) is 33.8 Å². The Kier molecular flexibility index (Phi) is 3.58. The van der Waals surface area contributed by atoms with Gasteiger partial charge in [-0.3, -0.25) is 0 Å². The predicted octanol–water partition coefficient (Wildman–Crippen LogP) is 2.99. The van der Waals surface area contributed by atoms with Crippen molar-refractivity contribution in [2.45, 2.75) is 10.9 Å². The minimum Gasteiger partial charge on any atom is -0.368 e. The second-order valence-electron chi connectivity index (χ2n) is 3.00. The summed E-state index contributed by atoms with van der Waals surface area (Å²) >= 11 is 13.4. The lowest BCUT2D eigenvalue weighted by Gasteiger charge is -2.03. The molecule has 84 valence electrons. The van der Waals surface area contributed by atoms with E-state index in [2.05, 4.69) is 15.2 Å². The van der Waals surface area contributed by atoms with Crippen LogP contribution in [0, 0.1) is 0 Å². The average molecular weight is 275 g/mol. The number of benzene rings is 1. The number of nitrogens with one attached hydrogen (secondary N) is 1. The van der Waals surface area contributed by atoms with Gasteiger partial charge >= 0.3 is 0 Å². The number of hydrogen-bond acceptors (Lipinski definition) is 4. The molecule has 0 fully saturated rings. The summed E-state index contributed by atoms with van der Waals surface area (Å²) in [6.07, 6.45) is 0. The normalized spacial score (nSPS) is 10.6. The number of hydrogen-bond donors (Lipinski definition) is 2. The van der Waals surface area contributed by atoms with E-state index >= 15 is 0 Å². The molecule has 1 aromatic carbocycles. The van der Waals surface area contributed by atoms with Gasteiger partial charge in [0.05, 0.1) is 10.0 Å². The third-order valence-electron chi connectivity index (χ3n) is 1.87. The van der Waals surface area contributed by atoms with E-state index in [9.17, 15) is 0 Å². The van der Waals surface area contributed by atoms with Crippen LogP contribution < -0.4 is 5.73 Å². The first kappa shape index (κ1) is 11.6. The van der Waals surface area contributed by atoms with Crippen molar-refractivity contribution in [2.24, 2.45) is 0 Å². The van der Waals surface area contributed by atoms with Gasteiger partial charge in [-0.25, -0.2) is 5.10 Å². The first-order valence-electron chi connectivity index (χ1n) is 4.40. The Bertz CT molecular complexity index is 500. The standard InChI is InChI=1S/C9H8Cl2N4S/c10-6-3-1-2-5(7(6)11)4-16-9-13-8(12)14-15-9/h1-3H,4H2,(H3,12,13,14,15). The lowest BCUT2D eigenvalue weighted by Crippen LogP contribution is -1.86. The molecular formula is C9H8Cl2N4S. The Hall–Kier alpha value is -0.910. The van der Waals surface area contributed by atoms with Gasteiger partial charge in [0.15, 0.2) is 0 Å². The maximum absolute atomic E-state index is 6.05. The van der Waals surface area contributed by atoms with Crippen LogP contribution >= 0.6 is 35.0 Å². The monoisotopic (exact) mass is 274 g/mol. The minimum absolute atomic E-state index is 0.305. The zero-order valence-electron chi connectivity index (χ0n) is 8.08. The number of nitrogens with two attached hydrogens (primary N) is 1. The summed E-state index contributed by atoms with van der Waals surface area (Å²) in [5.41, 5.74) is 6.36. The van der Waals surface area contributed by atoms with E-state index in [1.54, 1.807) is 6.07 Å². The molecule has 0 spiro atoms. The van der Waals surface area contributed by atoms with E-state index < -0.39 is 0 Å². The van der Waals surface area contributed by atoms with Gasteiger partial charge in [-0.15, -0.1) is 5.10 Å². The maximum atomic E-state index is 6.05. The van der Waals surface area contributed by atoms with Crippen LogP contribution in [0.15, 0.2) is 23.4 Å². The molecule has 0 amide bonds. The van der Waals surface area contributed by atoms with Crippen LogP contribution in [-0.4, -0.2) is 15.2 Å². The first-order valence-corrected chi connectivity index (χ1v) is 6.14. The molecule has 0 radical (unpaired) electrons. The van der Waals surface area contributed by atoms with Gasteiger partial charge in [0.1, 0.15) is 0 Å². The summed E-state index contributed by atoms with van der Waals surface area (Å²) in [5.74, 6) is 0.955. The van der Waals surface area contributed by atoms with Crippen molar-refractivity contribution in [2.75, 3.05) is 5.73 Å². The highest BCUT2D eigenvalue weighted by molar-refractivity contribution is 7.98. The van der Waals surface area contributed by atoms with E-state index in [4.69, 9.17) is 28.9 Å². The molecule has 2 rings (SSSR count). The van der Waals surface area contributed by atoms with Gasteiger partial charge in [0.25, 0.3) is 0 Å². The van der Waals surface area contributed by atoms with Crippen molar-refractivity contribution in [3.8, 4) is 0 Å². The predicted molar refractivity (Wildman–Crippen MR) is 66.8 cm³/mol. The number of anilines is 1. The highest BCUT2D eigenvalue weighted by Gasteiger charge is 2.07. The Balaban J connectivity index is 2.07. The molecule has 0 aliphatic carbocycles. The van der Waals surface area contributed by atoms with Crippen molar-refractivity contribution in [1.29, 1.82) is 0 Å². The van der Waals surface area contributed by atoms with E-state index in [0.29, 0.717) is 26.9 Å². The molecule has 1 heterocycles. The van der Waals surface area contributed by atoms with Gasteiger partial charge < -0.3 is 5.73 Å². The zero-order valence-corrected chi connectivity index (χ0v) is 10.4. The Labute approximate surface area is 107 Å². The second kappa shape index (κ2) is 4.95. The summed E-state index contributed by atoms with van der Waals surface area (Å²) in [7, 11) is 0. The molecule has 16 heavy (non-hydrogen) atoms. The maximum Gasteiger partial charge on any atom is 0.216 e. The van der Waals surface area contributed by atoms with Gasteiger partial charge in [-0.05, 0) is 11.6 Å². The zero-order chi connectivity index (χ0) is 11.5. The third kappa shape index (κ3) is 2.61. The molecule has 0 saturated heterocycles. The molecule has 4 nitrogen and oxygen atoms in total. The van der Waals surface area contributed by atoms with Gasteiger partial charge in [0.2, 0.25) is 11.1 Å². The average Bonchev–Trinajstić information content (AvgIpc) is 2.67. The second-order valence-corrected chi connectivity index (χ2v) is 4.73. The molecule has 0 unspecified atom stereocenters. The summed E-state index contributed by atoms with van der Waals surface area (Å²) in [6, 6.07) is 5.52. The van der Waals surface area contributed by atoms with Crippen molar-refractivity contribution in [3.63, 3.8) is 0 Å². The largest absolute Gasteiger partial charge is 0.368 e. The molecule has 2 aromatic rings. The fraction of sp³-hybridized carbons (Fsp3) is 0.111. The van der Waals surface area contributed by atoms with Crippen LogP contribution in [0.5, 0.6) is 0 Å². The number of nitrogen functional groups attached to an aromatic ring is 1. The number of aromatic nitrogens is 3. The molecule has 0 saturated carbocycles. The molecular weight excluding hydrogens is 267 g/mol.